The first-order valence-electron chi connectivity index (χ1n) is 5.06. The summed E-state index contributed by atoms with van der Waals surface area (Å²) in [5.74, 6) is 1.11. The van der Waals surface area contributed by atoms with Crippen LogP contribution in [0.4, 0.5) is 0 Å². The molecule has 82 valence electrons. The molecule has 1 aromatic carbocycles. The number of nitrogens with zero attached hydrogens (tertiary/aromatic N) is 1. The van der Waals surface area contributed by atoms with Gasteiger partial charge in [-0.2, -0.15) is 0 Å². The Morgan fingerprint density at radius 2 is 2.12 bits per heavy atom. The first-order valence-corrected chi connectivity index (χ1v) is 5.60. The van der Waals surface area contributed by atoms with Gasteiger partial charge in [-0.3, -0.25) is 0 Å². The summed E-state index contributed by atoms with van der Waals surface area (Å²) in [5, 5.41) is 0. The lowest BCUT2D eigenvalue weighted by Gasteiger charge is -2.01. The zero-order chi connectivity index (χ0) is 11.0. The molecule has 1 aliphatic heterocycles. The predicted molar refractivity (Wildman–Crippen MR) is 60.0 cm³/mol. The Morgan fingerprint density at radius 1 is 1.25 bits per heavy atom. The van der Waals surface area contributed by atoms with Gasteiger partial charge in [-0.15, -0.1) is 11.6 Å². The van der Waals surface area contributed by atoms with Crippen molar-refractivity contribution in [1.29, 1.82) is 0 Å². The molecule has 16 heavy (non-hydrogen) atoms. The summed E-state index contributed by atoms with van der Waals surface area (Å²) in [6.45, 7) is 1.38. The van der Waals surface area contributed by atoms with Crippen LogP contribution in [0.25, 0.3) is 11.3 Å². The number of benzene rings is 1. The fourth-order valence-electron chi connectivity index (χ4n) is 1.91. The molecule has 3 nitrogen and oxygen atoms in total. The van der Waals surface area contributed by atoms with Crippen LogP contribution in [0.2, 0.25) is 0 Å². The summed E-state index contributed by atoms with van der Waals surface area (Å²) < 4.78 is 10.7. The van der Waals surface area contributed by atoms with E-state index < -0.39 is 0 Å². The first-order chi connectivity index (χ1) is 7.88. The average Bonchev–Trinajstić information content (AvgIpc) is 2.96. The van der Waals surface area contributed by atoms with Crippen LogP contribution in [0.3, 0.4) is 0 Å². The molecule has 2 aromatic rings. The van der Waals surface area contributed by atoms with Gasteiger partial charge in [-0.05, 0) is 17.2 Å². The Bertz CT molecular complexity index is 521. The maximum absolute atomic E-state index is 5.79. The number of fused-ring (bicyclic) bond motifs is 1. The van der Waals surface area contributed by atoms with Gasteiger partial charge in [-0.1, -0.05) is 12.1 Å². The van der Waals surface area contributed by atoms with Crippen molar-refractivity contribution in [3.05, 3.63) is 41.4 Å². The number of aromatic nitrogens is 1. The number of rotatable bonds is 2. The Balaban J connectivity index is 2.07. The van der Waals surface area contributed by atoms with E-state index in [1.165, 1.54) is 17.5 Å². The van der Waals surface area contributed by atoms with Crippen LogP contribution in [0.1, 0.15) is 16.8 Å². The third-order valence-corrected chi connectivity index (χ3v) is 3.00. The van der Waals surface area contributed by atoms with Crippen LogP contribution in [0.15, 0.2) is 29.0 Å². The lowest BCUT2D eigenvalue weighted by atomic mass is 10.0. The second-order valence-electron chi connectivity index (χ2n) is 3.74. The Labute approximate surface area is 98.0 Å². The summed E-state index contributed by atoms with van der Waals surface area (Å²) in [4.78, 5) is 4.07. The molecule has 1 aliphatic rings. The van der Waals surface area contributed by atoms with E-state index in [9.17, 15) is 0 Å². The van der Waals surface area contributed by atoms with Gasteiger partial charge in [0.1, 0.15) is 5.69 Å². The minimum absolute atomic E-state index is 0.361. The van der Waals surface area contributed by atoms with E-state index in [2.05, 4.69) is 17.1 Å². The van der Waals surface area contributed by atoms with Crippen molar-refractivity contribution in [2.24, 2.45) is 0 Å². The molecule has 0 unspecified atom stereocenters. The van der Waals surface area contributed by atoms with E-state index in [0.717, 1.165) is 17.0 Å². The predicted octanol–water partition coefficient (Wildman–Crippen LogP) is 3.11. The molecule has 0 amide bonds. The van der Waals surface area contributed by atoms with E-state index >= 15 is 0 Å². The van der Waals surface area contributed by atoms with Crippen molar-refractivity contribution in [1.82, 2.24) is 4.98 Å². The molecule has 0 atom stereocenters. The van der Waals surface area contributed by atoms with E-state index in [4.69, 9.17) is 20.8 Å². The zero-order valence-corrected chi connectivity index (χ0v) is 9.33. The number of hydrogen-bond donors (Lipinski definition) is 0. The normalized spacial score (nSPS) is 14.1. The van der Waals surface area contributed by atoms with Crippen LogP contribution in [0, 0.1) is 0 Å². The lowest BCUT2D eigenvalue weighted by Crippen LogP contribution is -1.86. The molecule has 4 heteroatoms. The van der Waals surface area contributed by atoms with E-state index in [1.54, 1.807) is 0 Å². The largest absolute Gasteiger partial charge is 0.443 e. The van der Waals surface area contributed by atoms with Crippen molar-refractivity contribution >= 4 is 11.6 Å². The summed E-state index contributed by atoms with van der Waals surface area (Å²) in [5.41, 5.74) is 4.25. The molecule has 0 spiro atoms. The minimum Gasteiger partial charge on any atom is -0.443 e. The quantitative estimate of drug-likeness (QED) is 0.751. The van der Waals surface area contributed by atoms with Gasteiger partial charge in [0.15, 0.2) is 12.2 Å². The van der Waals surface area contributed by atoms with E-state index in [1.807, 2.05) is 6.07 Å². The zero-order valence-electron chi connectivity index (χ0n) is 8.57. The van der Waals surface area contributed by atoms with Crippen LogP contribution in [0.5, 0.6) is 0 Å². The van der Waals surface area contributed by atoms with E-state index in [-0.39, 0.29) is 0 Å². The number of alkyl halides is 1. The number of halogens is 1. The Morgan fingerprint density at radius 3 is 3.00 bits per heavy atom. The summed E-state index contributed by atoms with van der Waals surface area (Å²) in [7, 11) is 0. The SMILES string of the molecule is ClCc1ncoc1-c1ccc2c(c1)COC2. The second-order valence-corrected chi connectivity index (χ2v) is 4.01. The topological polar surface area (TPSA) is 35.3 Å². The number of ether oxygens (including phenoxy) is 1. The Kier molecular flexibility index (Phi) is 2.42. The molecule has 0 bridgehead atoms. The molecule has 2 heterocycles. The summed E-state index contributed by atoms with van der Waals surface area (Å²) in [6, 6.07) is 6.17. The van der Waals surface area contributed by atoms with Gasteiger partial charge in [-0.25, -0.2) is 4.98 Å². The molecule has 3 rings (SSSR count). The molecule has 0 saturated heterocycles. The highest BCUT2D eigenvalue weighted by molar-refractivity contribution is 6.17. The van der Waals surface area contributed by atoms with E-state index in [0.29, 0.717) is 19.1 Å². The summed E-state index contributed by atoms with van der Waals surface area (Å²) >= 11 is 5.79. The summed E-state index contributed by atoms with van der Waals surface area (Å²) in [6.07, 6.45) is 1.43. The molecule has 1 aromatic heterocycles. The van der Waals surface area contributed by atoms with Crippen LogP contribution in [-0.2, 0) is 23.8 Å². The molecule has 0 radical (unpaired) electrons. The third-order valence-electron chi connectivity index (χ3n) is 2.75. The molecule has 0 aliphatic carbocycles. The van der Waals surface area contributed by atoms with Gasteiger partial charge in [0.25, 0.3) is 0 Å². The monoisotopic (exact) mass is 235 g/mol. The van der Waals surface area contributed by atoms with Gasteiger partial charge in [0.2, 0.25) is 0 Å². The highest BCUT2D eigenvalue weighted by atomic mass is 35.5. The molecule has 0 saturated carbocycles. The van der Waals surface area contributed by atoms with Gasteiger partial charge >= 0.3 is 0 Å². The second kappa shape index (κ2) is 3.92. The fourth-order valence-corrected chi connectivity index (χ4v) is 2.10. The standard InChI is InChI=1S/C12H10ClNO2/c13-4-11-12(16-7-14-11)8-1-2-9-5-15-6-10(9)3-8/h1-3,7H,4-6H2. The van der Waals surface area contributed by atoms with Crippen molar-refractivity contribution in [3.63, 3.8) is 0 Å². The van der Waals surface area contributed by atoms with Crippen LogP contribution >= 0.6 is 11.6 Å². The van der Waals surface area contributed by atoms with Gasteiger partial charge < -0.3 is 9.15 Å². The Hall–Kier alpha value is -1.32. The maximum Gasteiger partial charge on any atom is 0.181 e. The number of hydrogen-bond acceptors (Lipinski definition) is 3. The average molecular weight is 236 g/mol. The van der Waals surface area contributed by atoms with Crippen molar-refractivity contribution < 1.29 is 9.15 Å². The first kappa shape index (κ1) is 9.87. The maximum atomic E-state index is 5.79. The fraction of sp³-hybridized carbons (Fsp3) is 0.250. The highest BCUT2D eigenvalue weighted by Crippen LogP contribution is 2.29. The minimum atomic E-state index is 0.361. The number of oxazole rings is 1. The van der Waals surface area contributed by atoms with Gasteiger partial charge in [0.05, 0.1) is 19.1 Å². The van der Waals surface area contributed by atoms with Crippen molar-refractivity contribution in [2.45, 2.75) is 19.1 Å². The van der Waals surface area contributed by atoms with Crippen LogP contribution in [-0.4, -0.2) is 4.98 Å². The smallest absolute Gasteiger partial charge is 0.181 e. The molecule has 0 fully saturated rings. The lowest BCUT2D eigenvalue weighted by molar-refractivity contribution is 0.134. The van der Waals surface area contributed by atoms with Crippen LogP contribution < -0.4 is 0 Å². The van der Waals surface area contributed by atoms with Crippen molar-refractivity contribution in [3.8, 4) is 11.3 Å². The highest BCUT2D eigenvalue weighted by Gasteiger charge is 2.15. The van der Waals surface area contributed by atoms with Gasteiger partial charge in [0, 0.05) is 5.56 Å². The molecule has 0 N–H and O–H groups in total. The third kappa shape index (κ3) is 1.52. The van der Waals surface area contributed by atoms with Crippen molar-refractivity contribution in [2.75, 3.05) is 0 Å². The molecular formula is C12H10ClNO2. The molecular weight excluding hydrogens is 226 g/mol.